The second-order valence-corrected chi connectivity index (χ2v) is 7.83. The highest BCUT2D eigenvalue weighted by molar-refractivity contribution is 5.73. The zero-order chi connectivity index (χ0) is 19.5. The van der Waals surface area contributed by atoms with Gasteiger partial charge in [-0.1, -0.05) is 49.6 Å². The third-order valence-corrected chi connectivity index (χ3v) is 5.69. The molecule has 28 heavy (non-hydrogen) atoms. The molecule has 2 saturated heterocycles. The Morgan fingerprint density at radius 3 is 2.61 bits per heavy atom. The fourth-order valence-corrected chi connectivity index (χ4v) is 4.27. The van der Waals surface area contributed by atoms with Crippen LogP contribution in [0, 0.1) is 0 Å². The Bertz CT molecular complexity index is 650. The number of aliphatic hydroxyl groups excluding tert-OH is 1. The van der Waals surface area contributed by atoms with Crippen molar-refractivity contribution in [2.75, 3.05) is 6.61 Å². The Hall–Kier alpha value is -1.51. The predicted molar refractivity (Wildman–Crippen MR) is 100 cm³/mol. The zero-order valence-electron chi connectivity index (χ0n) is 16.2. The first-order valence-corrected chi connectivity index (χ1v) is 10.2. The van der Waals surface area contributed by atoms with Gasteiger partial charge in [-0.15, -0.1) is 0 Å². The molecule has 0 spiro atoms. The highest BCUT2D eigenvalue weighted by Gasteiger charge is 2.50. The fourth-order valence-electron chi connectivity index (χ4n) is 4.27. The number of hydrogen-bond donors (Lipinski definition) is 2. The molecule has 0 radical (unpaired) electrons. The van der Waals surface area contributed by atoms with Crippen LogP contribution in [0.2, 0.25) is 0 Å². The number of rotatable bonds is 4. The second-order valence-electron chi connectivity index (χ2n) is 7.83. The molecular formula is C21H29NO6. The summed E-state index contributed by atoms with van der Waals surface area (Å²) >= 11 is 0. The van der Waals surface area contributed by atoms with Gasteiger partial charge in [0.2, 0.25) is 5.91 Å². The average Bonchev–Trinajstić information content (AvgIpc) is 2.72. The van der Waals surface area contributed by atoms with E-state index in [-0.39, 0.29) is 12.0 Å². The Kier molecular flexibility index (Phi) is 6.28. The lowest BCUT2D eigenvalue weighted by atomic mass is 9.94. The van der Waals surface area contributed by atoms with E-state index in [4.69, 9.17) is 18.9 Å². The topological polar surface area (TPSA) is 86.3 Å². The first-order valence-electron chi connectivity index (χ1n) is 10.2. The maximum Gasteiger partial charge on any atom is 0.217 e. The van der Waals surface area contributed by atoms with Gasteiger partial charge < -0.3 is 29.4 Å². The number of carbonyl (C=O) groups is 1. The summed E-state index contributed by atoms with van der Waals surface area (Å²) in [5.74, 6) is -0.241. The van der Waals surface area contributed by atoms with Crippen molar-refractivity contribution >= 4 is 5.91 Å². The van der Waals surface area contributed by atoms with Crippen LogP contribution < -0.4 is 5.32 Å². The molecule has 6 atom stereocenters. The molecule has 1 unspecified atom stereocenters. The number of carbonyl (C=O) groups excluding carboxylic acids is 1. The van der Waals surface area contributed by atoms with Crippen LogP contribution in [0.4, 0.5) is 0 Å². The molecule has 1 aromatic rings. The van der Waals surface area contributed by atoms with E-state index in [2.05, 4.69) is 5.32 Å². The molecule has 7 nitrogen and oxygen atoms in total. The van der Waals surface area contributed by atoms with Gasteiger partial charge >= 0.3 is 0 Å². The van der Waals surface area contributed by atoms with Crippen LogP contribution >= 0.6 is 0 Å². The Balaban J connectivity index is 1.48. The summed E-state index contributed by atoms with van der Waals surface area (Å²) in [5.41, 5.74) is 0.879. The summed E-state index contributed by atoms with van der Waals surface area (Å²) in [6.45, 7) is 1.71. The summed E-state index contributed by atoms with van der Waals surface area (Å²) in [4.78, 5) is 11.7. The number of ether oxygens (including phenoxy) is 4. The van der Waals surface area contributed by atoms with Crippen molar-refractivity contribution < 1.29 is 28.8 Å². The molecule has 2 heterocycles. The third kappa shape index (κ3) is 4.39. The van der Waals surface area contributed by atoms with E-state index in [9.17, 15) is 9.90 Å². The van der Waals surface area contributed by atoms with Crippen LogP contribution in [0.25, 0.3) is 0 Å². The van der Waals surface area contributed by atoms with E-state index in [1.807, 2.05) is 30.3 Å². The third-order valence-electron chi connectivity index (χ3n) is 5.69. The summed E-state index contributed by atoms with van der Waals surface area (Å²) in [6.07, 6.45) is 2.20. The fraction of sp³-hybridized carbons (Fsp3) is 0.667. The normalized spacial score (nSPS) is 36.5. The number of aliphatic hydroxyl groups is 1. The second kappa shape index (κ2) is 8.88. The van der Waals surface area contributed by atoms with Crippen LogP contribution in [0.3, 0.4) is 0 Å². The van der Waals surface area contributed by atoms with Gasteiger partial charge in [-0.05, 0) is 12.8 Å². The quantitative estimate of drug-likeness (QED) is 0.817. The van der Waals surface area contributed by atoms with Crippen molar-refractivity contribution in [3.63, 3.8) is 0 Å². The van der Waals surface area contributed by atoms with Crippen molar-refractivity contribution in [1.29, 1.82) is 0 Å². The predicted octanol–water partition coefficient (Wildman–Crippen LogP) is 2.04. The van der Waals surface area contributed by atoms with Gasteiger partial charge in [0.15, 0.2) is 12.6 Å². The van der Waals surface area contributed by atoms with Crippen LogP contribution in [-0.2, 0) is 23.7 Å². The highest BCUT2D eigenvalue weighted by Crippen LogP contribution is 2.35. The highest BCUT2D eigenvalue weighted by atomic mass is 16.7. The van der Waals surface area contributed by atoms with Crippen molar-refractivity contribution in [1.82, 2.24) is 5.32 Å². The minimum atomic E-state index is -0.952. The lowest BCUT2D eigenvalue weighted by molar-refractivity contribution is -0.349. The van der Waals surface area contributed by atoms with E-state index >= 15 is 0 Å². The van der Waals surface area contributed by atoms with E-state index in [1.54, 1.807) is 0 Å². The number of amides is 1. The van der Waals surface area contributed by atoms with Gasteiger partial charge in [0, 0.05) is 12.5 Å². The van der Waals surface area contributed by atoms with Gasteiger partial charge in [0.1, 0.15) is 24.4 Å². The largest absolute Gasteiger partial charge is 0.388 e. The van der Waals surface area contributed by atoms with Gasteiger partial charge in [0.05, 0.1) is 12.7 Å². The maximum atomic E-state index is 11.7. The monoisotopic (exact) mass is 391 g/mol. The van der Waals surface area contributed by atoms with E-state index in [0.717, 1.165) is 31.2 Å². The molecule has 2 N–H and O–H groups in total. The zero-order valence-corrected chi connectivity index (χ0v) is 16.2. The molecule has 1 aliphatic carbocycles. The minimum Gasteiger partial charge on any atom is -0.388 e. The van der Waals surface area contributed by atoms with Crippen LogP contribution in [0.1, 0.15) is 50.9 Å². The first kappa shape index (κ1) is 19.8. The molecule has 3 aliphatic rings. The molecule has 0 aromatic heterocycles. The SMILES string of the molecule is CC(=O)N[C@H]1[C@H](OC2CCCCC2)O[C@@H]2COC(c3ccccc3)O[C@H]2[C@@H]1O. The molecule has 7 heteroatoms. The van der Waals surface area contributed by atoms with Crippen molar-refractivity contribution in [2.45, 2.75) is 82.1 Å². The van der Waals surface area contributed by atoms with E-state index in [0.29, 0.717) is 6.61 Å². The van der Waals surface area contributed by atoms with Crippen LogP contribution in [-0.4, -0.2) is 54.4 Å². The number of nitrogens with one attached hydrogen (secondary N) is 1. The van der Waals surface area contributed by atoms with Gasteiger partial charge in [-0.25, -0.2) is 0 Å². The molecule has 1 saturated carbocycles. The molecule has 0 bridgehead atoms. The minimum absolute atomic E-state index is 0.0845. The maximum absolute atomic E-state index is 11.7. The smallest absolute Gasteiger partial charge is 0.217 e. The lowest BCUT2D eigenvalue weighted by Crippen LogP contribution is -2.67. The first-order chi connectivity index (χ1) is 13.6. The molecule has 2 aliphatic heterocycles. The van der Waals surface area contributed by atoms with E-state index in [1.165, 1.54) is 13.3 Å². The van der Waals surface area contributed by atoms with Gasteiger partial charge in [-0.3, -0.25) is 4.79 Å². The summed E-state index contributed by atoms with van der Waals surface area (Å²) < 4.78 is 24.2. The lowest BCUT2D eigenvalue weighted by Gasteiger charge is -2.48. The molecule has 1 amide bonds. The molecule has 154 valence electrons. The average molecular weight is 391 g/mol. The van der Waals surface area contributed by atoms with Crippen molar-refractivity contribution in [2.24, 2.45) is 0 Å². The Morgan fingerprint density at radius 2 is 1.89 bits per heavy atom. The number of fused-ring (bicyclic) bond motifs is 1. The molecule has 1 aromatic carbocycles. The summed E-state index contributed by atoms with van der Waals surface area (Å²) in [6, 6.07) is 8.90. The van der Waals surface area contributed by atoms with E-state index < -0.39 is 36.9 Å². The Morgan fingerprint density at radius 1 is 1.14 bits per heavy atom. The van der Waals surface area contributed by atoms with Crippen molar-refractivity contribution in [3.05, 3.63) is 35.9 Å². The number of benzene rings is 1. The molecular weight excluding hydrogens is 362 g/mol. The van der Waals surface area contributed by atoms with Crippen LogP contribution in [0.15, 0.2) is 30.3 Å². The standard InChI is InChI=1S/C21H29NO6/c1-13(23)22-17-18(24)19-16(27-21(17)26-15-10-6-3-7-11-15)12-25-20(28-19)14-8-4-2-5-9-14/h2,4-5,8-9,15-21,24H,3,6-7,10-12H2,1H3,(H,22,23)/t16-,17-,18-,19-,20?,21-/m1/s1. The van der Waals surface area contributed by atoms with Crippen molar-refractivity contribution in [3.8, 4) is 0 Å². The molecule has 3 fully saturated rings. The Labute approximate surface area is 165 Å². The number of hydrogen-bond acceptors (Lipinski definition) is 6. The molecule has 4 rings (SSSR count). The van der Waals surface area contributed by atoms with Gasteiger partial charge in [-0.2, -0.15) is 0 Å². The summed E-state index contributed by atoms with van der Waals surface area (Å²) in [5, 5.41) is 13.8. The van der Waals surface area contributed by atoms with Crippen LogP contribution in [0.5, 0.6) is 0 Å². The summed E-state index contributed by atoms with van der Waals surface area (Å²) in [7, 11) is 0. The van der Waals surface area contributed by atoms with Gasteiger partial charge in [0.25, 0.3) is 0 Å².